The molecule has 3 aromatic carbocycles. The highest BCUT2D eigenvalue weighted by molar-refractivity contribution is 6.35. The zero-order chi connectivity index (χ0) is 21.4. The van der Waals surface area contributed by atoms with Crippen molar-refractivity contribution in [2.75, 3.05) is 12.0 Å². The van der Waals surface area contributed by atoms with Crippen LogP contribution in [0.5, 0.6) is 0 Å². The van der Waals surface area contributed by atoms with E-state index in [1.807, 2.05) is 30.3 Å². The fourth-order valence-corrected chi connectivity index (χ4v) is 3.40. The van der Waals surface area contributed by atoms with Gasteiger partial charge in [-0.2, -0.15) is 0 Å². The van der Waals surface area contributed by atoms with E-state index < -0.39 is 23.8 Å². The lowest BCUT2D eigenvalue weighted by atomic mass is 10.0. The third-order valence-electron chi connectivity index (χ3n) is 4.88. The lowest BCUT2D eigenvalue weighted by molar-refractivity contribution is 0.0600. The maximum absolute atomic E-state index is 13.1. The van der Waals surface area contributed by atoms with Gasteiger partial charge >= 0.3 is 11.9 Å². The molecule has 2 amide bonds. The van der Waals surface area contributed by atoms with Gasteiger partial charge in [0.05, 0.1) is 35.1 Å². The first-order chi connectivity index (χ1) is 14.4. The minimum Gasteiger partial charge on any atom is -0.478 e. The van der Waals surface area contributed by atoms with Crippen LogP contribution in [0.3, 0.4) is 0 Å². The average Bonchev–Trinajstić information content (AvgIpc) is 3.03. The number of carbonyl (C=O) groups is 4. The van der Waals surface area contributed by atoms with E-state index in [2.05, 4.69) is 0 Å². The van der Waals surface area contributed by atoms with E-state index in [-0.39, 0.29) is 27.9 Å². The lowest BCUT2D eigenvalue weighted by Crippen LogP contribution is -2.31. The predicted octanol–water partition coefficient (Wildman–Crippen LogP) is 3.64. The van der Waals surface area contributed by atoms with Gasteiger partial charge in [0.2, 0.25) is 0 Å². The van der Waals surface area contributed by atoms with E-state index in [0.717, 1.165) is 16.5 Å². The molecule has 0 atom stereocenters. The summed E-state index contributed by atoms with van der Waals surface area (Å²) in [6, 6.07) is 17.8. The van der Waals surface area contributed by atoms with E-state index >= 15 is 0 Å². The van der Waals surface area contributed by atoms with E-state index in [0.29, 0.717) is 5.56 Å². The molecule has 1 aliphatic heterocycles. The molecule has 0 unspecified atom stereocenters. The van der Waals surface area contributed by atoms with Crippen LogP contribution < -0.4 is 4.90 Å². The number of carboxylic acids is 1. The maximum atomic E-state index is 13.1. The van der Waals surface area contributed by atoms with Crippen molar-refractivity contribution in [3.8, 4) is 11.1 Å². The van der Waals surface area contributed by atoms with Crippen LogP contribution in [0.25, 0.3) is 11.1 Å². The quantitative estimate of drug-likeness (QED) is 0.529. The molecular formula is C23H15NO6. The zero-order valence-corrected chi connectivity index (χ0v) is 15.8. The molecule has 1 N–H and O–H groups in total. The Morgan fingerprint density at radius 2 is 1.53 bits per heavy atom. The minimum atomic E-state index is -1.21. The number of carboxylic acid groups (broad SMARTS) is 1. The Morgan fingerprint density at radius 1 is 0.833 bits per heavy atom. The number of esters is 1. The predicted molar refractivity (Wildman–Crippen MR) is 108 cm³/mol. The average molecular weight is 401 g/mol. The Labute approximate surface area is 171 Å². The fraction of sp³-hybridized carbons (Fsp3) is 0.0435. The van der Waals surface area contributed by atoms with Gasteiger partial charge in [0, 0.05) is 0 Å². The van der Waals surface area contributed by atoms with E-state index in [9.17, 15) is 24.3 Å². The first-order valence-electron chi connectivity index (χ1n) is 8.96. The molecule has 148 valence electrons. The van der Waals surface area contributed by atoms with Crippen LogP contribution in [0.2, 0.25) is 0 Å². The second kappa shape index (κ2) is 7.29. The molecule has 1 heterocycles. The summed E-state index contributed by atoms with van der Waals surface area (Å²) >= 11 is 0. The van der Waals surface area contributed by atoms with E-state index in [1.165, 1.54) is 25.3 Å². The summed E-state index contributed by atoms with van der Waals surface area (Å²) in [6.45, 7) is 0. The fourth-order valence-electron chi connectivity index (χ4n) is 3.40. The molecule has 7 heteroatoms. The van der Waals surface area contributed by atoms with Crippen molar-refractivity contribution in [2.45, 2.75) is 0 Å². The third-order valence-corrected chi connectivity index (χ3v) is 4.88. The standard InChI is InChI=1S/C23H15NO6/c1-30-23(29)17-10-7-14(13-5-3-2-4-6-13)12-19(17)24-20(25)16-9-8-15(22(27)28)11-18(16)21(24)26/h2-12H,1H3,(H,27,28). The van der Waals surface area contributed by atoms with Crippen molar-refractivity contribution in [3.05, 3.63) is 89.0 Å². The number of benzene rings is 3. The minimum absolute atomic E-state index is 0.0270. The molecule has 0 spiro atoms. The molecule has 0 bridgehead atoms. The van der Waals surface area contributed by atoms with Crippen molar-refractivity contribution < 1.29 is 29.0 Å². The van der Waals surface area contributed by atoms with Gasteiger partial charge in [0.15, 0.2) is 0 Å². The first-order valence-corrected chi connectivity index (χ1v) is 8.96. The van der Waals surface area contributed by atoms with Crippen LogP contribution in [-0.4, -0.2) is 36.0 Å². The molecule has 0 aliphatic carbocycles. The van der Waals surface area contributed by atoms with Crippen molar-refractivity contribution in [2.24, 2.45) is 0 Å². The number of ether oxygens (including phenoxy) is 1. The summed E-state index contributed by atoms with van der Waals surface area (Å²) in [6.07, 6.45) is 0. The van der Waals surface area contributed by atoms with Crippen molar-refractivity contribution in [3.63, 3.8) is 0 Å². The van der Waals surface area contributed by atoms with Crippen LogP contribution in [-0.2, 0) is 4.74 Å². The molecular weight excluding hydrogens is 386 g/mol. The summed E-state index contributed by atoms with van der Waals surface area (Å²) in [5, 5.41) is 9.19. The number of hydrogen-bond donors (Lipinski definition) is 1. The molecule has 4 rings (SSSR count). The number of rotatable bonds is 4. The van der Waals surface area contributed by atoms with Crippen LogP contribution in [0, 0.1) is 0 Å². The number of hydrogen-bond acceptors (Lipinski definition) is 5. The van der Waals surface area contributed by atoms with Gasteiger partial charge in [-0.25, -0.2) is 14.5 Å². The molecule has 0 fully saturated rings. The normalized spacial score (nSPS) is 12.6. The molecule has 0 saturated heterocycles. The summed E-state index contributed by atoms with van der Waals surface area (Å²) in [5.74, 6) is -3.25. The van der Waals surface area contributed by atoms with Gasteiger partial charge in [-0.3, -0.25) is 9.59 Å². The van der Waals surface area contributed by atoms with Gasteiger partial charge in [0.25, 0.3) is 11.8 Å². The monoisotopic (exact) mass is 401 g/mol. The SMILES string of the molecule is COC(=O)c1ccc(-c2ccccc2)cc1N1C(=O)c2ccc(C(=O)O)cc2C1=O. The summed E-state index contributed by atoms with van der Waals surface area (Å²) in [7, 11) is 1.21. The number of amides is 2. The van der Waals surface area contributed by atoms with Crippen molar-refractivity contribution >= 4 is 29.4 Å². The molecule has 30 heavy (non-hydrogen) atoms. The Hall–Kier alpha value is -4.26. The Bertz CT molecular complexity index is 1220. The number of carbonyl (C=O) groups excluding carboxylic acids is 3. The lowest BCUT2D eigenvalue weighted by Gasteiger charge is -2.18. The summed E-state index contributed by atoms with van der Waals surface area (Å²) in [5.41, 5.74) is 1.59. The smallest absolute Gasteiger partial charge is 0.339 e. The first kappa shape index (κ1) is 19.1. The summed E-state index contributed by atoms with van der Waals surface area (Å²) < 4.78 is 4.81. The van der Waals surface area contributed by atoms with Gasteiger partial charge in [-0.15, -0.1) is 0 Å². The molecule has 7 nitrogen and oxygen atoms in total. The number of imide groups is 1. The van der Waals surface area contributed by atoms with Crippen molar-refractivity contribution in [1.82, 2.24) is 0 Å². The van der Waals surface area contributed by atoms with Gasteiger partial charge in [-0.05, 0) is 41.5 Å². The molecule has 3 aromatic rings. The largest absolute Gasteiger partial charge is 0.478 e. The highest BCUT2D eigenvalue weighted by Gasteiger charge is 2.39. The number of anilines is 1. The second-order valence-corrected chi connectivity index (χ2v) is 6.60. The van der Waals surface area contributed by atoms with E-state index in [1.54, 1.807) is 12.1 Å². The second-order valence-electron chi connectivity index (χ2n) is 6.60. The molecule has 0 radical (unpaired) electrons. The van der Waals surface area contributed by atoms with E-state index in [4.69, 9.17) is 4.74 Å². The Kier molecular flexibility index (Phi) is 4.63. The number of fused-ring (bicyclic) bond motifs is 1. The highest BCUT2D eigenvalue weighted by atomic mass is 16.5. The van der Waals surface area contributed by atoms with Gasteiger partial charge < -0.3 is 9.84 Å². The Morgan fingerprint density at radius 3 is 2.20 bits per heavy atom. The summed E-state index contributed by atoms with van der Waals surface area (Å²) in [4.78, 5) is 50.5. The topological polar surface area (TPSA) is 101 Å². The molecule has 0 saturated carbocycles. The van der Waals surface area contributed by atoms with Crippen LogP contribution >= 0.6 is 0 Å². The third kappa shape index (κ3) is 3.02. The molecule has 0 aromatic heterocycles. The van der Waals surface area contributed by atoms with Crippen LogP contribution in [0.15, 0.2) is 66.7 Å². The van der Waals surface area contributed by atoms with Crippen LogP contribution in [0.1, 0.15) is 41.4 Å². The van der Waals surface area contributed by atoms with Crippen molar-refractivity contribution in [1.29, 1.82) is 0 Å². The zero-order valence-electron chi connectivity index (χ0n) is 15.8. The van der Waals surface area contributed by atoms with Gasteiger partial charge in [-0.1, -0.05) is 36.4 Å². The highest BCUT2D eigenvalue weighted by Crippen LogP contribution is 2.34. The number of nitrogens with zero attached hydrogens (tertiary/aromatic N) is 1. The maximum Gasteiger partial charge on any atom is 0.339 e. The van der Waals surface area contributed by atoms with Crippen LogP contribution in [0.4, 0.5) is 5.69 Å². The number of methoxy groups -OCH3 is 1. The Balaban J connectivity index is 1.88. The number of aromatic carboxylic acids is 1. The van der Waals surface area contributed by atoms with Gasteiger partial charge in [0.1, 0.15) is 0 Å². The molecule has 1 aliphatic rings.